The van der Waals surface area contributed by atoms with Gasteiger partial charge in [-0.3, -0.25) is 0 Å². The van der Waals surface area contributed by atoms with E-state index in [0.29, 0.717) is 0 Å². The second kappa shape index (κ2) is 4.74. The van der Waals surface area contributed by atoms with Crippen molar-refractivity contribution >= 4 is 0 Å². The maximum atomic E-state index is 12.4. The molecule has 0 amide bonds. The minimum atomic E-state index is -0.386. The second-order valence-corrected chi connectivity index (χ2v) is 3.62. The van der Waals surface area contributed by atoms with E-state index >= 15 is 0 Å². The van der Waals surface area contributed by atoms with Crippen LogP contribution in [-0.2, 0) is 13.1 Å². The van der Waals surface area contributed by atoms with Crippen molar-refractivity contribution in [2.24, 2.45) is 0 Å². The molecule has 0 saturated carbocycles. The maximum Gasteiger partial charge on any atom is 0.115 e. The van der Waals surface area contributed by atoms with Crippen LogP contribution in [0.3, 0.4) is 0 Å². The van der Waals surface area contributed by atoms with Gasteiger partial charge < -0.3 is 0 Å². The summed E-state index contributed by atoms with van der Waals surface area (Å²) in [5.74, 6) is 0. The SMILES string of the molecule is FCc1cccc(Cc2ccccc2)c1. The first-order chi connectivity index (χ1) is 7.38. The first-order valence-electron chi connectivity index (χ1n) is 5.06. The molecule has 2 rings (SSSR count). The van der Waals surface area contributed by atoms with E-state index in [1.165, 1.54) is 5.56 Å². The number of halogens is 1. The van der Waals surface area contributed by atoms with Crippen molar-refractivity contribution in [1.82, 2.24) is 0 Å². The molecule has 0 saturated heterocycles. The zero-order chi connectivity index (χ0) is 10.5. The van der Waals surface area contributed by atoms with Crippen LogP contribution < -0.4 is 0 Å². The Hall–Kier alpha value is -1.63. The fourth-order valence-electron chi connectivity index (χ4n) is 1.65. The number of alkyl halides is 1. The zero-order valence-electron chi connectivity index (χ0n) is 8.49. The molecule has 2 aromatic rings. The Morgan fingerprint density at radius 2 is 1.40 bits per heavy atom. The van der Waals surface area contributed by atoms with Crippen LogP contribution in [-0.4, -0.2) is 0 Å². The van der Waals surface area contributed by atoms with Gasteiger partial charge in [0.05, 0.1) is 0 Å². The summed E-state index contributed by atoms with van der Waals surface area (Å²) in [6.07, 6.45) is 0.870. The Labute approximate surface area is 89.4 Å². The Morgan fingerprint density at radius 3 is 2.13 bits per heavy atom. The molecule has 76 valence electrons. The van der Waals surface area contributed by atoms with Crippen molar-refractivity contribution in [2.75, 3.05) is 0 Å². The fourth-order valence-corrected chi connectivity index (χ4v) is 1.65. The highest BCUT2D eigenvalue weighted by atomic mass is 19.1. The lowest BCUT2D eigenvalue weighted by Crippen LogP contribution is -1.89. The highest BCUT2D eigenvalue weighted by Gasteiger charge is 1.97. The molecule has 0 N–H and O–H groups in total. The molecule has 0 aliphatic carbocycles. The molecule has 0 nitrogen and oxygen atoms in total. The van der Waals surface area contributed by atoms with Gasteiger partial charge in [-0.15, -0.1) is 0 Å². The number of rotatable bonds is 3. The summed E-state index contributed by atoms with van der Waals surface area (Å²) in [6.45, 7) is -0.386. The zero-order valence-corrected chi connectivity index (χ0v) is 8.49. The third-order valence-electron chi connectivity index (χ3n) is 2.40. The monoisotopic (exact) mass is 200 g/mol. The van der Waals surface area contributed by atoms with Gasteiger partial charge in [0, 0.05) is 0 Å². The third-order valence-corrected chi connectivity index (χ3v) is 2.40. The van der Waals surface area contributed by atoms with Gasteiger partial charge in [-0.05, 0) is 23.1 Å². The number of hydrogen-bond acceptors (Lipinski definition) is 0. The van der Waals surface area contributed by atoms with Crippen molar-refractivity contribution in [3.63, 3.8) is 0 Å². The molecular weight excluding hydrogens is 187 g/mol. The molecule has 0 radical (unpaired) electrons. The first-order valence-corrected chi connectivity index (χ1v) is 5.06. The summed E-state index contributed by atoms with van der Waals surface area (Å²) in [4.78, 5) is 0. The van der Waals surface area contributed by atoms with Gasteiger partial charge in [0.25, 0.3) is 0 Å². The molecule has 0 heterocycles. The van der Waals surface area contributed by atoms with E-state index in [4.69, 9.17) is 0 Å². The topological polar surface area (TPSA) is 0 Å². The van der Waals surface area contributed by atoms with Gasteiger partial charge in [-0.2, -0.15) is 0 Å². The third kappa shape index (κ3) is 2.66. The minimum absolute atomic E-state index is 0.386. The standard InChI is InChI=1S/C14H13F/c15-11-14-8-4-7-13(10-14)9-12-5-2-1-3-6-12/h1-8,10H,9,11H2. The van der Waals surface area contributed by atoms with Crippen LogP contribution in [0.25, 0.3) is 0 Å². The highest BCUT2D eigenvalue weighted by molar-refractivity contribution is 5.29. The predicted molar refractivity (Wildman–Crippen MR) is 60.5 cm³/mol. The van der Waals surface area contributed by atoms with E-state index in [2.05, 4.69) is 12.1 Å². The normalized spacial score (nSPS) is 10.2. The smallest absolute Gasteiger partial charge is 0.115 e. The molecule has 0 aliphatic heterocycles. The quantitative estimate of drug-likeness (QED) is 0.708. The van der Waals surface area contributed by atoms with E-state index in [-0.39, 0.29) is 6.67 Å². The lowest BCUT2D eigenvalue weighted by molar-refractivity contribution is 0.485. The van der Waals surface area contributed by atoms with Crippen molar-refractivity contribution in [3.8, 4) is 0 Å². The van der Waals surface area contributed by atoms with Crippen LogP contribution in [0.2, 0.25) is 0 Å². The van der Waals surface area contributed by atoms with Crippen molar-refractivity contribution in [1.29, 1.82) is 0 Å². The molecule has 0 unspecified atom stereocenters. The average molecular weight is 200 g/mol. The van der Waals surface area contributed by atoms with Crippen LogP contribution in [0.5, 0.6) is 0 Å². The molecule has 0 atom stereocenters. The minimum Gasteiger partial charge on any atom is -0.246 e. The Bertz CT molecular complexity index is 420. The number of hydrogen-bond donors (Lipinski definition) is 0. The summed E-state index contributed by atoms with van der Waals surface area (Å²) in [7, 11) is 0. The first kappa shape index (κ1) is 9.91. The van der Waals surface area contributed by atoms with Crippen LogP contribution in [0.4, 0.5) is 4.39 Å². The van der Waals surface area contributed by atoms with Gasteiger partial charge in [0.1, 0.15) is 6.67 Å². The van der Waals surface area contributed by atoms with Gasteiger partial charge in [0.2, 0.25) is 0 Å². The molecule has 2 aromatic carbocycles. The van der Waals surface area contributed by atoms with Gasteiger partial charge in [0.15, 0.2) is 0 Å². The molecule has 15 heavy (non-hydrogen) atoms. The van der Waals surface area contributed by atoms with Crippen LogP contribution >= 0.6 is 0 Å². The van der Waals surface area contributed by atoms with E-state index in [9.17, 15) is 4.39 Å². The summed E-state index contributed by atoms with van der Waals surface area (Å²) < 4.78 is 12.4. The summed E-state index contributed by atoms with van der Waals surface area (Å²) >= 11 is 0. The van der Waals surface area contributed by atoms with E-state index in [0.717, 1.165) is 17.5 Å². The lowest BCUT2D eigenvalue weighted by atomic mass is 10.0. The Balaban J connectivity index is 2.17. The summed E-state index contributed by atoms with van der Waals surface area (Å²) in [6, 6.07) is 17.9. The van der Waals surface area contributed by atoms with Crippen molar-refractivity contribution in [3.05, 3.63) is 71.3 Å². The lowest BCUT2D eigenvalue weighted by Gasteiger charge is -2.03. The largest absolute Gasteiger partial charge is 0.246 e. The summed E-state index contributed by atoms with van der Waals surface area (Å²) in [5.41, 5.74) is 3.17. The average Bonchev–Trinajstić information content (AvgIpc) is 2.31. The molecule has 0 spiro atoms. The molecule has 0 aromatic heterocycles. The van der Waals surface area contributed by atoms with Crippen molar-refractivity contribution < 1.29 is 4.39 Å². The van der Waals surface area contributed by atoms with E-state index in [1.54, 1.807) is 0 Å². The van der Waals surface area contributed by atoms with Gasteiger partial charge >= 0.3 is 0 Å². The van der Waals surface area contributed by atoms with Gasteiger partial charge in [-0.1, -0.05) is 54.6 Å². The Morgan fingerprint density at radius 1 is 0.733 bits per heavy atom. The fraction of sp³-hybridized carbons (Fsp3) is 0.143. The predicted octanol–water partition coefficient (Wildman–Crippen LogP) is 3.75. The molecule has 0 fully saturated rings. The molecule has 0 aliphatic rings. The summed E-state index contributed by atoms with van der Waals surface area (Å²) in [5, 5.41) is 0. The molecule has 1 heteroatoms. The molecule has 0 bridgehead atoms. The van der Waals surface area contributed by atoms with E-state index in [1.807, 2.05) is 42.5 Å². The second-order valence-electron chi connectivity index (χ2n) is 3.62. The van der Waals surface area contributed by atoms with E-state index < -0.39 is 0 Å². The van der Waals surface area contributed by atoms with Crippen LogP contribution in [0, 0.1) is 0 Å². The van der Waals surface area contributed by atoms with Crippen LogP contribution in [0.15, 0.2) is 54.6 Å². The van der Waals surface area contributed by atoms with Crippen molar-refractivity contribution in [2.45, 2.75) is 13.1 Å². The maximum absolute atomic E-state index is 12.4. The Kier molecular flexibility index (Phi) is 3.13. The van der Waals surface area contributed by atoms with Gasteiger partial charge in [-0.25, -0.2) is 4.39 Å². The number of benzene rings is 2. The molecular formula is C14H13F. The van der Waals surface area contributed by atoms with Crippen LogP contribution in [0.1, 0.15) is 16.7 Å². The highest BCUT2D eigenvalue weighted by Crippen LogP contribution is 2.11.